The molecule has 4 nitrogen and oxygen atoms in total. The third-order valence-electron chi connectivity index (χ3n) is 4.42. The fourth-order valence-corrected chi connectivity index (χ4v) is 3.08. The zero-order valence-electron chi connectivity index (χ0n) is 13.1. The van der Waals surface area contributed by atoms with Crippen molar-refractivity contribution in [3.63, 3.8) is 0 Å². The van der Waals surface area contributed by atoms with Gasteiger partial charge < -0.3 is 10.8 Å². The van der Waals surface area contributed by atoms with E-state index in [-0.39, 0.29) is 0 Å². The summed E-state index contributed by atoms with van der Waals surface area (Å²) in [6, 6.07) is 14.2. The van der Waals surface area contributed by atoms with Crippen molar-refractivity contribution >= 4 is 6.29 Å². The molecule has 0 bridgehead atoms. The van der Waals surface area contributed by atoms with Gasteiger partial charge in [-0.2, -0.15) is 0 Å². The molecule has 1 aliphatic rings. The van der Waals surface area contributed by atoms with Gasteiger partial charge in [-0.3, -0.25) is 9.69 Å². The second-order valence-corrected chi connectivity index (χ2v) is 6.10. The predicted octanol–water partition coefficient (Wildman–Crippen LogP) is 1.84. The highest BCUT2D eigenvalue weighted by Gasteiger charge is 2.18. The van der Waals surface area contributed by atoms with E-state index in [0.717, 1.165) is 36.9 Å². The van der Waals surface area contributed by atoms with Gasteiger partial charge in [0.2, 0.25) is 0 Å². The number of nitrogens with two attached hydrogens (primary N) is 1. The van der Waals surface area contributed by atoms with Crippen LogP contribution in [-0.2, 0) is 13.0 Å². The van der Waals surface area contributed by atoms with E-state index in [0.29, 0.717) is 18.7 Å². The molecule has 1 aliphatic heterocycles. The van der Waals surface area contributed by atoms with Crippen LogP contribution in [0.3, 0.4) is 0 Å². The number of fused-ring (bicyclic) bond motifs is 1. The van der Waals surface area contributed by atoms with Crippen LogP contribution in [0.2, 0.25) is 0 Å². The molecule has 0 aromatic heterocycles. The molecule has 0 saturated heterocycles. The van der Waals surface area contributed by atoms with Gasteiger partial charge in [0.25, 0.3) is 0 Å². The number of β-amino-alcohol motifs (C(OH)–C–C–N with tert-alkyl or cyclic N) is 1. The van der Waals surface area contributed by atoms with Crippen molar-refractivity contribution in [1.82, 2.24) is 4.90 Å². The van der Waals surface area contributed by atoms with Gasteiger partial charge in [-0.05, 0) is 34.7 Å². The van der Waals surface area contributed by atoms with Crippen LogP contribution in [-0.4, -0.2) is 42.0 Å². The molecule has 0 spiro atoms. The number of rotatable bonds is 5. The summed E-state index contributed by atoms with van der Waals surface area (Å²) in [5.74, 6) is 0. The Bertz CT molecular complexity index is 682. The topological polar surface area (TPSA) is 66.6 Å². The van der Waals surface area contributed by atoms with E-state index in [4.69, 9.17) is 5.73 Å². The normalized spacial score (nSPS) is 15.9. The lowest BCUT2D eigenvalue weighted by molar-refractivity contribution is 0.111. The zero-order valence-corrected chi connectivity index (χ0v) is 13.1. The van der Waals surface area contributed by atoms with Crippen molar-refractivity contribution in [2.24, 2.45) is 5.73 Å². The lowest BCUT2D eigenvalue weighted by Crippen LogP contribution is -2.39. The molecular formula is C19H22N2O2. The maximum absolute atomic E-state index is 10.8. The highest BCUT2D eigenvalue weighted by atomic mass is 16.3. The van der Waals surface area contributed by atoms with Crippen molar-refractivity contribution in [1.29, 1.82) is 0 Å². The minimum absolute atomic E-state index is 0.298. The monoisotopic (exact) mass is 310 g/mol. The van der Waals surface area contributed by atoms with E-state index in [1.165, 1.54) is 11.1 Å². The van der Waals surface area contributed by atoms with E-state index in [2.05, 4.69) is 23.1 Å². The highest BCUT2D eigenvalue weighted by molar-refractivity contribution is 5.77. The number of carbonyl (C=O) groups excluding carboxylic acids is 1. The summed E-state index contributed by atoms with van der Waals surface area (Å²) < 4.78 is 0. The molecule has 120 valence electrons. The molecule has 0 saturated carbocycles. The lowest BCUT2D eigenvalue weighted by atomic mass is 9.94. The van der Waals surface area contributed by atoms with Gasteiger partial charge in [-0.15, -0.1) is 0 Å². The fraction of sp³-hybridized carbons (Fsp3) is 0.316. The fourth-order valence-electron chi connectivity index (χ4n) is 3.08. The second-order valence-electron chi connectivity index (χ2n) is 6.10. The van der Waals surface area contributed by atoms with Gasteiger partial charge in [0, 0.05) is 31.7 Å². The first kappa shape index (κ1) is 15.9. The van der Waals surface area contributed by atoms with Crippen molar-refractivity contribution in [2.75, 3.05) is 19.6 Å². The Balaban J connectivity index is 1.80. The Labute approximate surface area is 136 Å². The first-order chi connectivity index (χ1) is 11.2. The number of aliphatic hydroxyl groups is 1. The number of aldehydes is 1. The largest absolute Gasteiger partial charge is 0.390 e. The third kappa shape index (κ3) is 3.67. The average molecular weight is 310 g/mol. The quantitative estimate of drug-likeness (QED) is 0.827. The van der Waals surface area contributed by atoms with Crippen LogP contribution in [0.5, 0.6) is 0 Å². The average Bonchev–Trinajstić information content (AvgIpc) is 2.61. The van der Waals surface area contributed by atoms with Crippen LogP contribution in [0.1, 0.15) is 21.5 Å². The molecular weight excluding hydrogens is 288 g/mol. The van der Waals surface area contributed by atoms with Crippen LogP contribution in [0, 0.1) is 0 Å². The molecule has 23 heavy (non-hydrogen) atoms. The molecule has 0 fully saturated rings. The van der Waals surface area contributed by atoms with E-state index < -0.39 is 6.10 Å². The second kappa shape index (κ2) is 7.04. The number of benzene rings is 2. The minimum Gasteiger partial charge on any atom is -0.390 e. The number of nitrogens with zero attached hydrogens (tertiary/aromatic N) is 1. The van der Waals surface area contributed by atoms with Gasteiger partial charge in [0.15, 0.2) is 0 Å². The molecule has 2 aromatic rings. The molecule has 3 rings (SSSR count). The minimum atomic E-state index is -0.462. The Morgan fingerprint density at radius 3 is 2.57 bits per heavy atom. The van der Waals surface area contributed by atoms with Gasteiger partial charge in [-0.25, -0.2) is 0 Å². The Kier molecular flexibility index (Phi) is 4.86. The Morgan fingerprint density at radius 2 is 1.87 bits per heavy atom. The molecule has 0 radical (unpaired) electrons. The van der Waals surface area contributed by atoms with Crippen LogP contribution in [0.25, 0.3) is 11.1 Å². The Morgan fingerprint density at radius 1 is 1.13 bits per heavy atom. The summed E-state index contributed by atoms with van der Waals surface area (Å²) in [7, 11) is 0. The van der Waals surface area contributed by atoms with Crippen LogP contribution in [0.15, 0.2) is 42.5 Å². The van der Waals surface area contributed by atoms with E-state index in [1.807, 2.05) is 24.3 Å². The third-order valence-corrected chi connectivity index (χ3v) is 4.42. The van der Waals surface area contributed by atoms with Crippen molar-refractivity contribution in [3.05, 3.63) is 59.2 Å². The number of carbonyl (C=O) groups is 1. The summed E-state index contributed by atoms with van der Waals surface area (Å²) in [4.78, 5) is 13.0. The standard InChI is InChI=1S/C19H22N2O2/c20-10-19(23)12-21-8-7-16-5-6-17(9-18(16)11-21)15-3-1-14(13-22)2-4-15/h1-6,9,13,19,23H,7-8,10-12,20H2. The van der Waals surface area contributed by atoms with Crippen LogP contribution >= 0.6 is 0 Å². The summed E-state index contributed by atoms with van der Waals surface area (Å²) in [5, 5.41) is 9.74. The first-order valence-corrected chi connectivity index (χ1v) is 7.97. The summed E-state index contributed by atoms with van der Waals surface area (Å²) >= 11 is 0. The summed E-state index contributed by atoms with van der Waals surface area (Å²) in [6.07, 6.45) is 1.39. The number of hydrogen-bond donors (Lipinski definition) is 2. The highest BCUT2D eigenvalue weighted by Crippen LogP contribution is 2.26. The van der Waals surface area contributed by atoms with Gasteiger partial charge >= 0.3 is 0 Å². The van der Waals surface area contributed by atoms with E-state index in [9.17, 15) is 9.90 Å². The number of aliphatic hydroxyl groups excluding tert-OH is 1. The molecule has 2 aromatic carbocycles. The maximum atomic E-state index is 10.8. The smallest absolute Gasteiger partial charge is 0.150 e. The van der Waals surface area contributed by atoms with E-state index in [1.54, 1.807) is 0 Å². The zero-order chi connectivity index (χ0) is 16.2. The van der Waals surface area contributed by atoms with E-state index >= 15 is 0 Å². The van der Waals surface area contributed by atoms with Crippen LogP contribution < -0.4 is 5.73 Å². The molecule has 1 atom stereocenters. The molecule has 0 aliphatic carbocycles. The predicted molar refractivity (Wildman–Crippen MR) is 91.3 cm³/mol. The Hall–Kier alpha value is -2.01. The van der Waals surface area contributed by atoms with Crippen molar-refractivity contribution < 1.29 is 9.90 Å². The SMILES string of the molecule is NCC(O)CN1CCc2ccc(-c3ccc(C=O)cc3)cc2C1. The molecule has 3 N–H and O–H groups in total. The van der Waals surface area contributed by atoms with Crippen molar-refractivity contribution in [3.8, 4) is 11.1 Å². The van der Waals surface area contributed by atoms with Gasteiger partial charge in [0.05, 0.1) is 6.10 Å². The summed E-state index contributed by atoms with van der Waals surface area (Å²) in [6.45, 7) is 2.71. The van der Waals surface area contributed by atoms with Crippen LogP contribution in [0.4, 0.5) is 0 Å². The molecule has 1 unspecified atom stereocenters. The lowest BCUT2D eigenvalue weighted by Gasteiger charge is -2.30. The summed E-state index contributed by atoms with van der Waals surface area (Å²) in [5.41, 5.74) is 11.1. The molecule has 0 amide bonds. The van der Waals surface area contributed by atoms with Gasteiger partial charge in [0.1, 0.15) is 6.29 Å². The van der Waals surface area contributed by atoms with Crippen molar-refractivity contribution in [2.45, 2.75) is 19.1 Å². The molecule has 4 heteroatoms. The number of hydrogen-bond acceptors (Lipinski definition) is 4. The van der Waals surface area contributed by atoms with Gasteiger partial charge in [-0.1, -0.05) is 36.4 Å². The molecule has 1 heterocycles. The maximum Gasteiger partial charge on any atom is 0.150 e. The first-order valence-electron chi connectivity index (χ1n) is 7.97.